The first kappa shape index (κ1) is 15.2. The number of halogens is 1. The molecular formula is C16H23ClN2O2. The van der Waals surface area contributed by atoms with Crippen molar-refractivity contribution in [1.29, 1.82) is 0 Å². The van der Waals surface area contributed by atoms with Gasteiger partial charge in [0, 0.05) is 18.6 Å². The molecule has 0 saturated heterocycles. The van der Waals surface area contributed by atoms with Crippen molar-refractivity contribution in [3.05, 3.63) is 22.2 Å². The van der Waals surface area contributed by atoms with Gasteiger partial charge < -0.3 is 9.47 Å². The van der Waals surface area contributed by atoms with E-state index >= 15 is 0 Å². The summed E-state index contributed by atoms with van der Waals surface area (Å²) >= 11 is 6.38. The van der Waals surface area contributed by atoms with E-state index in [0.717, 1.165) is 36.3 Å². The van der Waals surface area contributed by atoms with Crippen molar-refractivity contribution in [2.45, 2.75) is 64.1 Å². The summed E-state index contributed by atoms with van der Waals surface area (Å²) in [6, 6.07) is 0. The molecular weight excluding hydrogens is 288 g/mol. The molecule has 0 N–H and O–H groups in total. The predicted octanol–water partition coefficient (Wildman–Crippen LogP) is 3.79. The largest absolute Gasteiger partial charge is 0.376 e. The van der Waals surface area contributed by atoms with Gasteiger partial charge in [0.25, 0.3) is 0 Å². The fourth-order valence-corrected chi connectivity index (χ4v) is 3.65. The van der Waals surface area contributed by atoms with E-state index in [1.54, 1.807) is 0 Å². The molecule has 3 rings (SSSR count). The third-order valence-corrected chi connectivity index (χ3v) is 4.82. The van der Waals surface area contributed by atoms with E-state index in [4.69, 9.17) is 26.1 Å². The smallest absolute Gasteiger partial charge is 0.162 e. The molecule has 0 atom stereocenters. The van der Waals surface area contributed by atoms with Crippen LogP contribution in [0.3, 0.4) is 0 Å². The van der Waals surface area contributed by atoms with E-state index in [-0.39, 0.29) is 5.60 Å². The van der Waals surface area contributed by atoms with Gasteiger partial charge in [-0.2, -0.15) is 0 Å². The Hall–Kier alpha value is -0.710. The first-order valence-electron chi connectivity index (χ1n) is 8.02. The number of nitrogens with zero attached hydrogens (tertiary/aromatic N) is 2. The Morgan fingerprint density at radius 2 is 1.95 bits per heavy atom. The molecule has 21 heavy (non-hydrogen) atoms. The maximum Gasteiger partial charge on any atom is 0.162 e. The zero-order valence-electron chi connectivity index (χ0n) is 12.7. The van der Waals surface area contributed by atoms with Crippen molar-refractivity contribution in [3.8, 4) is 0 Å². The molecule has 1 aromatic rings. The molecule has 1 aromatic heterocycles. The van der Waals surface area contributed by atoms with Gasteiger partial charge in [0.05, 0.1) is 18.9 Å². The standard InChI is InChI=1S/C16H23ClN2O2/c1-2-21-16(8-5-3-4-6-9-16)15-18-13-7-10-20-11-12(13)14(17)19-15/h2-11H2,1H3. The third kappa shape index (κ3) is 3.08. The van der Waals surface area contributed by atoms with Crippen LogP contribution in [0.5, 0.6) is 0 Å². The number of aromatic nitrogens is 2. The lowest BCUT2D eigenvalue weighted by Crippen LogP contribution is -2.33. The van der Waals surface area contributed by atoms with Crippen LogP contribution in [0.1, 0.15) is 62.5 Å². The summed E-state index contributed by atoms with van der Waals surface area (Å²) in [5.41, 5.74) is 1.65. The van der Waals surface area contributed by atoms with Crippen LogP contribution in [0.4, 0.5) is 0 Å². The fourth-order valence-electron chi connectivity index (χ4n) is 3.40. The van der Waals surface area contributed by atoms with Crippen LogP contribution >= 0.6 is 11.6 Å². The fraction of sp³-hybridized carbons (Fsp3) is 0.750. The Morgan fingerprint density at radius 3 is 2.67 bits per heavy atom. The number of rotatable bonds is 3. The summed E-state index contributed by atoms with van der Waals surface area (Å²) in [5, 5.41) is 0.540. The van der Waals surface area contributed by atoms with Gasteiger partial charge in [-0.3, -0.25) is 0 Å². The van der Waals surface area contributed by atoms with Gasteiger partial charge in [-0.25, -0.2) is 9.97 Å². The summed E-state index contributed by atoms with van der Waals surface area (Å²) in [7, 11) is 0. The molecule has 4 nitrogen and oxygen atoms in total. The second-order valence-corrected chi connectivity index (χ2v) is 6.27. The first-order valence-corrected chi connectivity index (χ1v) is 8.40. The quantitative estimate of drug-likeness (QED) is 0.629. The maximum atomic E-state index is 6.38. The number of fused-ring (bicyclic) bond motifs is 1. The zero-order chi connectivity index (χ0) is 14.7. The molecule has 2 heterocycles. The van der Waals surface area contributed by atoms with Crippen molar-refractivity contribution < 1.29 is 9.47 Å². The molecule has 1 aliphatic heterocycles. The normalized spacial score (nSPS) is 21.6. The molecule has 0 amide bonds. The number of hydrogen-bond acceptors (Lipinski definition) is 4. The highest BCUT2D eigenvalue weighted by atomic mass is 35.5. The van der Waals surface area contributed by atoms with Crippen LogP contribution in [0.15, 0.2) is 0 Å². The van der Waals surface area contributed by atoms with Crippen LogP contribution in [-0.4, -0.2) is 23.2 Å². The summed E-state index contributed by atoms with van der Waals surface area (Å²) < 4.78 is 11.6. The summed E-state index contributed by atoms with van der Waals surface area (Å²) in [5.74, 6) is 0.789. The topological polar surface area (TPSA) is 44.2 Å². The van der Waals surface area contributed by atoms with Crippen LogP contribution in [0.2, 0.25) is 5.15 Å². The Morgan fingerprint density at radius 1 is 1.19 bits per heavy atom. The van der Waals surface area contributed by atoms with Gasteiger partial charge in [-0.05, 0) is 19.8 Å². The highest BCUT2D eigenvalue weighted by Crippen LogP contribution is 2.39. The predicted molar refractivity (Wildman–Crippen MR) is 81.4 cm³/mol. The monoisotopic (exact) mass is 310 g/mol. The molecule has 0 aromatic carbocycles. The van der Waals surface area contributed by atoms with Crippen LogP contribution in [-0.2, 0) is 28.1 Å². The van der Waals surface area contributed by atoms with Gasteiger partial charge in [0.1, 0.15) is 10.8 Å². The molecule has 1 aliphatic carbocycles. The van der Waals surface area contributed by atoms with Crippen molar-refractivity contribution in [2.75, 3.05) is 13.2 Å². The minimum atomic E-state index is -0.345. The highest BCUT2D eigenvalue weighted by molar-refractivity contribution is 6.30. The van der Waals surface area contributed by atoms with E-state index in [2.05, 4.69) is 4.98 Å². The molecule has 0 spiro atoms. The summed E-state index contributed by atoms with van der Waals surface area (Å²) in [6.45, 7) is 3.96. The molecule has 1 fully saturated rings. The molecule has 0 radical (unpaired) electrons. The van der Waals surface area contributed by atoms with E-state index in [9.17, 15) is 0 Å². The minimum Gasteiger partial charge on any atom is -0.376 e. The van der Waals surface area contributed by atoms with Gasteiger partial charge >= 0.3 is 0 Å². The zero-order valence-corrected chi connectivity index (χ0v) is 13.4. The van der Waals surface area contributed by atoms with Gasteiger partial charge in [-0.1, -0.05) is 37.3 Å². The SMILES string of the molecule is CCOC1(c2nc(Cl)c3c(n2)CCOC3)CCCCCC1. The van der Waals surface area contributed by atoms with Crippen LogP contribution < -0.4 is 0 Å². The second-order valence-electron chi connectivity index (χ2n) is 5.91. The molecule has 5 heteroatoms. The Bertz CT molecular complexity index is 499. The lowest BCUT2D eigenvalue weighted by molar-refractivity contribution is -0.0628. The lowest BCUT2D eigenvalue weighted by atomic mass is 9.92. The molecule has 1 saturated carbocycles. The first-order chi connectivity index (χ1) is 10.2. The van der Waals surface area contributed by atoms with Gasteiger partial charge in [-0.15, -0.1) is 0 Å². The van der Waals surface area contributed by atoms with Crippen molar-refractivity contribution >= 4 is 11.6 Å². The highest BCUT2D eigenvalue weighted by Gasteiger charge is 2.37. The Labute approximate surface area is 131 Å². The van der Waals surface area contributed by atoms with Gasteiger partial charge in [0.15, 0.2) is 5.82 Å². The summed E-state index contributed by atoms with van der Waals surface area (Å²) in [6.07, 6.45) is 7.66. The number of ether oxygens (including phenoxy) is 2. The Kier molecular flexibility index (Phi) is 4.77. The lowest BCUT2D eigenvalue weighted by Gasteiger charge is -2.32. The summed E-state index contributed by atoms with van der Waals surface area (Å²) in [4.78, 5) is 9.42. The molecule has 0 unspecified atom stereocenters. The van der Waals surface area contributed by atoms with Crippen LogP contribution in [0.25, 0.3) is 0 Å². The minimum absolute atomic E-state index is 0.345. The average molecular weight is 311 g/mol. The molecule has 2 aliphatic rings. The third-order valence-electron chi connectivity index (χ3n) is 4.51. The van der Waals surface area contributed by atoms with Crippen molar-refractivity contribution in [1.82, 2.24) is 9.97 Å². The second kappa shape index (κ2) is 6.59. The van der Waals surface area contributed by atoms with Crippen molar-refractivity contribution in [3.63, 3.8) is 0 Å². The van der Waals surface area contributed by atoms with E-state index in [0.29, 0.717) is 25.0 Å². The number of hydrogen-bond donors (Lipinski definition) is 0. The molecule has 116 valence electrons. The van der Waals surface area contributed by atoms with Gasteiger partial charge in [0.2, 0.25) is 0 Å². The maximum absolute atomic E-state index is 6.38. The Balaban J connectivity index is 2.00. The van der Waals surface area contributed by atoms with Crippen molar-refractivity contribution in [2.24, 2.45) is 0 Å². The van der Waals surface area contributed by atoms with E-state index in [1.165, 1.54) is 25.7 Å². The molecule has 0 bridgehead atoms. The van der Waals surface area contributed by atoms with E-state index in [1.807, 2.05) is 6.92 Å². The van der Waals surface area contributed by atoms with Crippen LogP contribution in [0, 0.1) is 0 Å². The average Bonchev–Trinajstić information content (AvgIpc) is 2.74. The van der Waals surface area contributed by atoms with E-state index < -0.39 is 0 Å².